The molecule has 1 rings (SSSR count). The fourth-order valence-corrected chi connectivity index (χ4v) is 1.66. The summed E-state index contributed by atoms with van der Waals surface area (Å²) < 4.78 is 10.1. The van der Waals surface area contributed by atoms with E-state index in [1.165, 1.54) is 0 Å². The van der Waals surface area contributed by atoms with E-state index in [0.717, 1.165) is 0 Å². The van der Waals surface area contributed by atoms with Crippen molar-refractivity contribution in [2.75, 3.05) is 39.4 Å². The van der Waals surface area contributed by atoms with Crippen molar-refractivity contribution < 1.29 is 19.1 Å². The molecule has 0 bridgehead atoms. The molecule has 0 aliphatic carbocycles. The summed E-state index contributed by atoms with van der Waals surface area (Å²) in [6, 6.07) is 0. The van der Waals surface area contributed by atoms with Gasteiger partial charge in [-0.05, 0) is 13.8 Å². The molecule has 1 aliphatic rings. The molecule has 0 atom stereocenters. The summed E-state index contributed by atoms with van der Waals surface area (Å²) in [5, 5.41) is 2.91. The number of carbonyl (C=O) groups excluding carboxylic acids is 2. The summed E-state index contributed by atoms with van der Waals surface area (Å²) in [4.78, 5) is 24.7. The lowest BCUT2D eigenvalue weighted by atomic mass is 10.3. The second kappa shape index (κ2) is 8.05. The van der Waals surface area contributed by atoms with Crippen LogP contribution < -0.4 is 5.32 Å². The largest absolute Gasteiger partial charge is 0.462 e. The van der Waals surface area contributed by atoms with Crippen LogP contribution in [0.25, 0.3) is 0 Å². The van der Waals surface area contributed by atoms with E-state index in [-0.39, 0.29) is 24.5 Å². The predicted molar refractivity (Wildman–Crippen MR) is 66.1 cm³/mol. The number of nitrogens with one attached hydrogen (secondary N) is 1. The van der Waals surface area contributed by atoms with Gasteiger partial charge in [-0.1, -0.05) is 0 Å². The first-order valence-electron chi connectivity index (χ1n) is 6.35. The molecule has 0 spiro atoms. The van der Waals surface area contributed by atoms with Gasteiger partial charge in [0.05, 0.1) is 25.9 Å². The maximum absolute atomic E-state index is 11.7. The second-order valence-electron chi connectivity index (χ2n) is 4.46. The Morgan fingerprint density at radius 2 is 2.00 bits per heavy atom. The van der Waals surface area contributed by atoms with Crippen molar-refractivity contribution in [3.05, 3.63) is 0 Å². The predicted octanol–water partition coefficient (Wildman–Crippen LogP) is -0.223. The summed E-state index contributed by atoms with van der Waals surface area (Å²) in [7, 11) is 0. The first kappa shape index (κ1) is 14.9. The zero-order valence-corrected chi connectivity index (χ0v) is 11.1. The van der Waals surface area contributed by atoms with Gasteiger partial charge in [-0.3, -0.25) is 9.59 Å². The van der Waals surface area contributed by atoms with Crippen molar-refractivity contribution in [1.82, 2.24) is 10.2 Å². The Hall–Kier alpha value is -1.14. The third-order valence-electron chi connectivity index (χ3n) is 2.52. The zero-order chi connectivity index (χ0) is 13.4. The van der Waals surface area contributed by atoms with Crippen molar-refractivity contribution in [3.8, 4) is 0 Å². The van der Waals surface area contributed by atoms with Crippen LogP contribution in [0.15, 0.2) is 0 Å². The Labute approximate surface area is 108 Å². The number of nitrogens with zero attached hydrogens (tertiary/aromatic N) is 1. The van der Waals surface area contributed by atoms with Gasteiger partial charge in [-0.25, -0.2) is 0 Å². The fraction of sp³-hybridized carbons (Fsp3) is 0.833. The van der Waals surface area contributed by atoms with Crippen molar-refractivity contribution in [3.63, 3.8) is 0 Å². The molecule has 6 heteroatoms. The number of hydrogen-bond acceptors (Lipinski definition) is 5. The highest BCUT2D eigenvalue weighted by molar-refractivity contribution is 5.76. The van der Waals surface area contributed by atoms with Crippen molar-refractivity contribution in [2.24, 2.45) is 0 Å². The SMILES string of the molecule is CC(C)OC(=O)CNCCC(=O)N1CCOCC1. The van der Waals surface area contributed by atoms with E-state index in [2.05, 4.69) is 5.32 Å². The molecule has 1 heterocycles. The molecule has 0 radical (unpaired) electrons. The van der Waals surface area contributed by atoms with E-state index in [0.29, 0.717) is 39.3 Å². The minimum absolute atomic E-state index is 0.100. The van der Waals surface area contributed by atoms with Gasteiger partial charge in [-0.15, -0.1) is 0 Å². The Morgan fingerprint density at radius 3 is 2.61 bits per heavy atom. The molecule has 1 amide bonds. The Balaban J connectivity index is 2.06. The minimum atomic E-state index is -0.288. The third kappa shape index (κ3) is 5.97. The summed E-state index contributed by atoms with van der Waals surface area (Å²) in [6.07, 6.45) is 0.295. The van der Waals surface area contributed by atoms with Crippen LogP contribution in [0.5, 0.6) is 0 Å². The van der Waals surface area contributed by atoms with Gasteiger partial charge in [0, 0.05) is 26.1 Å². The van der Waals surface area contributed by atoms with Crippen LogP contribution in [0.2, 0.25) is 0 Å². The van der Waals surface area contributed by atoms with Crippen LogP contribution in [0.3, 0.4) is 0 Å². The average molecular weight is 258 g/mol. The van der Waals surface area contributed by atoms with Gasteiger partial charge in [0.1, 0.15) is 0 Å². The monoisotopic (exact) mass is 258 g/mol. The van der Waals surface area contributed by atoms with E-state index >= 15 is 0 Å². The molecular weight excluding hydrogens is 236 g/mol. The van der Waals surface area contributed by atoms with Crippen LogP contribution in [0.4, 0.5) is 0 Å². The smallest absolute Gasteiger partial charge is 0.320 e. The quantitative estimate of drug-likeness (QED) is 0.527. The molecule has 18 heavy (non-hydrogen) atoms. The first-order chi connectivity index (χ1) is 8.59. The highest BCUT2D eigenvalue weighted by Gasteiger charge is 2.16. The van der Waals surface area contributed by atoms with Gasteiger partial charge in [-0.2, -0.15) is 0 Å². The molecule has 0 aromatic carbocycles. The van der Waals surface area contributed by atoms with Gasteiger partial charge in [0.25, 0.3) is 0 Å². The molecule has 1 saturated heterocycles. The number of ether oxygens (including phenoxy) is 2. The number of carbonyl (C=O) groups is 2. The number of esters is 1. The van der Waals surface area contributed by atoms with Crippen LogP contribution in [0.1, 0.15) is 20.3 Å². The molecule has 0 saturated carbocycles. The van der Waals surface area contributed by atoms with E-state index in [9.17, 15) is 9.59 Å². The van der Waals surface area contributed by atoms with Crippen LogP contribution >= 0.6 is 0 Å². The van der Waals surface area contributed by atoms with Gasteiger partial charge in [0.15, 0.2) is 0 Å². The number of rotatable bonds is 6. The highest BCUT2D eigenvalue weighted by atomic mass is 16.5. The molecule has 104 valence electrons. The Bertz CT molecular complexity index is 275. The van der Waals surface area contributed by atoms with Crippen molar-refractivity contribution >= 4 is 11.9 Å². The lowest BCUT2D eigenvalue weighted by molar-refractivity contribution is -0.146. The van der Waals surface area contributed by atoms with Gasteiger partial charge in [0.2, 0.25) is 5.91 Å². The Morgan fingerprint density at radius 1 is 1.33 bits per heavy atom. The first-order valence-corrected chi connectivity index (χ1v) is 6.35. The maximum Gasteiger partial charge on any atom is 0.320 e. The van der Waals surface area contributed by atoms with Gasteiger partial charge >= 0.3 is 5.97 Å². The van der Waals surface area contributed by atoms with Crippen LogP contribution in [-0.4, -0.2) is 62.3 Å². The van der Waals surface area contributed by atoms with E-state index in [4.69, 9.17) is 9.47 Å². The highest BCUT2D eigenvalue weighted by Crippen LogP contribution is 1.99. The molecule has 0 aromatic heterocycles. The molecule has 1 aliphatic heterocycles. The number of amides is 1. The fourth-order valence-electron chi connectivity index (χ4n) is 1.66. The zero-order valence-electron chi connectivity index (χ0n) is 11.1. The number of morpholine rings is 1. The number of hydrogen-bond donors (Lipinski definition) is 1. The third-order valence-corrected chi connectivity index (χ3v) is 2.52. The summed E-state index contributed by atoms with van der Waals surface area (Å²) in [6.45, 7) is 6.79. The van der Waals surface area contributed by atoms with Crippen molar-refractivity contribution in [2.45, 2.75) is 26.4 Å². The molecule has 6 nitrogen and oxygen atoms in total. The topological polar surface area (TPSA) is 67.9 Å². The van der Waals surface area contributed by atoms with E-state index in [1.54, 1.807) is 18.7 Å². The average Bonchev–Trinajstić information content (AvgIpc) is 2.34. The Kier molecular flexibility index (Phi) is 6.67. The molecule has 1 N–H and O–H groups in total. The lowest BCUT2D eigenvalue weighted by Gasteiger charge is -2.26. The lowest BCUT2D eigenvalue weighted by Crippen LogP contribution is -2.41. The molecule has 1 fully saturated rings. The summed E-state index contributed by atoms with van der Waals surface area (Å²) >= 11 is 0. The van der Waals surface area contributed by atoms with Crippen LogP contribution in [-0.2, 0) is 19.1 Å². The van der Waals surface area contributed by atoms with E-state index in [1.807, 2.05) is 0 Å². The van der Waals surface area contributed by atoms with Crippen molar-refractivity contribution in [1.29, 1.82) is 0 Å². The second-order valence-corrected chi connectivity index (χ2v) is 4.46. The summed E-state index contributed by atoms with van der Waals surface area (Å²) in [5.74, 6) is -0.188. The maximum atomic E-state index is 11.7. The standard InChI is InChI=1S/C12H22N2O4/c1-10(2)18-12(16)9-13-4-3-11(15)14-5-7-17-8-6-14/h10,13H,3-9H2,1-2H3. The summed E-state index contributed by atoms with van der Waals surface area (Å²) in [5.41, 5.74) is 0. The molecule has 0 unspecified atom stereocenters. The minimum Gasteiger partial charge on any atom is -0.462 e. The van der Waals surface area contributed by atoms with Crippen LogP contribution in [0, 0.1) is 0 Å². The molecule has 0 aromatic rings. The van der Waals surface area contributed by atoms with E-state index < -0.39 is 0 Å². The molecular formula is C12H22N2O4. The van der Waals surface area contributed by atoms with Gasteiger partial charge < -0.3 is 19.7 Å². The normalized spacial score (nSPS) is 15.8.